The zero-order chi connectivity index (χ0) is 10.4. The highest BCUT2D eigenvalue weighted by Crippen LogP contribution is 2.22. The monoisotopic (exact) mass is 196 g/mol. The molecule has 14 heavy (non-hydrogen) atoms. The predicted molar refractivity (Wildman–Crippen MR) is 54.9 cm³/mol. The number of phenols is 1. The maximum absolute atomic E-state index is 9.37. The van der Waals surface area contributed by atoms with Crippen LogP contribution >= 0.6 is 0 Å². The molecule has 0 aliphatic carbocycles. The summed E-state index contributed by atoms with van der Waals surface area (Å²) in [6, 6.07) is 5.27. The van der Waals surface area contributed by atoms with Gasteiger partial charge in [0.15, 0.2) is 0 Å². The quantitative estimate of drug-likeness (QED) is 0.732. The van der Waals surface area contributed by atoms with Crippen molar-refractivity contribution < 1.29 is 14.6 Å². The maximum atomic E-state index is 9.37. The van der Waals surface area contributed by atoms with Crippen molar-refractivity contribution in [3.63, 3.8) is 0 Å². The van der Waals surface area contributed by atoms with E-state index in [1.165, 1.54) is 0 Å². The molecular formula is C11H16O3. The van der Waals surface area contributed by atoms with Crippen LogP contribution in [0.5, 0.6) is 11.5 Å². The van der Waals surface area contributed by atoms with Gasteiger partial charge in [0.25, 0.3) is 0 Å². The van der Waals surface area contributed by atoms with Gasteiger partial charge < -0.3 is 14.6 Å². The molecule has 1 rings (SSSR count). The van der Waals surface area contributed by atoms with Crippen molar-refractivity contribution in [3.8, 4) is 11.5 Å². The molecule has 0 atom stereocenters. The molecule has 0 aliphatic heterocycles. The van der Waals surface area contributed by atoms with E-state index >= 15 is 0 Å². The van der Waals surface area contributed by atoms with Gasteiger partial charge in [0.1, 0.15) is 11.5 Å². The zero-order valence-corrected chi connectivity index (χ0v) is 8.62. The Balaban J connectivity index is 2.62. The van der Waals surface area contributed by atoms with Crippen LogP contribution in [-0.2, 0) is 11.2 Å². The standard InChI is InChI=1S/C11H16O3/c1-13-5-3-4-9-6-10(12)8-11(7-9)14-2/h6-8,12H,3-5H2,1-2H3. The normalized spacial score (nSPS) is 10.1. The number of hydrogen-bond acceptors (Lipinski definition) is 3. The summed E-state index contributed by atoms with van der Waals surface area (Å²) < 4.78 is 10.0. The smallest absolute Gasteiger partial charge is 0.122 e. The largest absolute Gasteiger partial charge is 0.508 e. The lowest BCUT2D eigenvalue weighted by Crippen LogP contribution is -1.93. The molecule has 1 aromatic rings. The van der Waals surface area contributed by atoms with E-state index in [0.29, 0.717) is 5.75 Å². The Kier molecular flexibility index (Phi) is 4.26. The summed E-state index contributed by atoms with van der Waals surface area (Å²) in [4.78, 5) is 0. The summed E-state index contributed by atoms with van der Waals surface area (Å²) in [7, 11) is 3.27. The van der Waals surface area contributed by atoms with Gasteiger partial charge in [-0.1, -0.05) is 0 Å². The van der Waals surface area contributed by atoms with Crippen LogP contribution in [0.4, 0.5) is 0 Å². The van der Waals surface area contributed by atoms with E-state index in [2.05, 4.69) is 0 Å². The van der Waals surface area contributed by atoms with Crippen LogP contribution in [-0.4, -0.2) is 25.9 Å². The third-order valence-electron chi connectivity index (χ3n) is 2.00. The van der Waals surface area contributed by atoms with Gasteiger partial charge in [-0.25, -0.2) is 0 Å². The minimum atomic E-state index is 0.247. The molecule has 0 amide bonds. The minimum absolute atomic E-state index is 0.247. The zero-order valence-electron chi connectivity index (χ0n) is 8.62. The molecule has 0 aromatic heterocycles. The van der Waals surface area contributed by atoms with Crippen molar-refractivity contribution in [1.82, 2.24) is 0 Å². The first-order valence-corrected chi connectivity index (χ1v) is 4.62. The molecule has 0 saturated carbocycles. The molecule has 0 aliphatic rings. The Morgan fingerprint density at radius 2 is 2.00 bits per heavy atom. The molecule has 0 fully saturated rings. The van der Waals surface area contributed by atoms with E-state index in [1.54, 1.807) is 26.4 Å². The molecule has 1 aromatic carbocycles. The number of benzene rings is 1. The van der Waals surface area contributed by atoms with Crippen LogP contribution in [0.2, 0.25) is 0 Å². The van der Waals surface area contributed by atoms with Gasteiger partial charge in [0.2, 0.25) is 0 Å². The van der Waals surface area contributed by atoms with Gasteiger partial charge in [0.05, 0.1) is 7.11 Å². The van der Waals surface area contributed by atoms with E-state index < -0.39 is 0 Å². The van der Waals surface area contributed by atoms with Crippen molar-refractivity contribution in [1.29, 1.82) is 0 Å². The fraction of sp³-hybridized carbons (Fsp3) is 0.455. The average Bonchev–Trinajstić information content (AvgIpc) is 2.17. The molecule has 3 heteroatoms. The van der Waals surface area contributed by atoms with Crippen LogP contribution < -0.4 is 4.74 Å². The summed E-state index contributed by atoms with van der Waals surface area (Å²) in [6.07, 6.45) is 1.84. The number of hydrogen-bond donors (Lipinski definition) is 1. The van der Waals surface area contributed by atoms with Gasteiger partial charge in [-0.05, 0) is 30.5 Å². The Morgan fingerprint density at radius 3 is 2.64 bits per heavy atom. The lowest BCUT2D eigenvalue weighted by atomic mass is 10.1. The fourth-order valence-corrected chi connectivity index (χ4v) is 1.33. The Labute approximate surface area is 84.3 Å². The van der Waals surface area contributed by atoms with Gasteiger partial charge in [-0.2, -0.15) is 0 Å². The fourth-order valence-electron chi connectivity index (χ4n) is 1.33. The number of phenolic OH excluding ortho intramolecular Hbond substituents is 1. The highest BCUT2D eigenvalue weighted by Gasteiger charge is 2.00. The van der Waals surface area contributed by atoms with Crippen LogP contribution in [0.1, 0.15) is 12.0 Å². The van der Waals surface area contributed by atoms with E-state index in [-0.39, 0.29) is 5.75 Å². The SMILES string of the molecule is COCCCc1cc(O)cc(OC)c1. The van der Waals surface area contributed by atoms with E-state index in [9.17, 15) is 5.11 Å². The van der Waals surface area contributed by atoms with Crippen molar-refractivity contribution in [2.45, 2.75) is 12.8 Å². The van der Waals surface area contributed by atoms with E-state index in [1.807, 2.05) is 6.07 Å². The molecule has 0 saturated heterocycles. The number of ether oxygens (including phenoxy) is 2. The summed E-state index contributed by atoms with van der Waals surface area (Å²) in [6.45, 7) is 0.734. The number of aromatic hydroxyl groups is 1. The molecule has 78 valence electrons. The molecule has 0 bridgehead atoms. The maximum Gasteiger partial charge on any atom is 0.122 e. The molecule has 0 unspecified atom stereocenters. The molecular weight excluding hydrogens is 180 g/mol. The summed E-state index contributed by atoms with van der Waals surface area (Å²) in [5.41, 5.74) is 1.07. The number of aryl methyl sites for hydroxylation is 1. The number of rotatable bonds is 5. The highest BCUT2D eigenvalue weighted by molar-refractivity contribution is 5.37. The average molecular weight is 196 g/mol. The van der Waals surface area contributed by atoms with Crippen molar-refractivity contribution >= 4 is 0 Å². The first-order chi connectivity index (χ1) is 6.76. The van der Waals surface area contributed by atoms with Gasteiger partial charge >= 0.3 is 0 Å². The second kappa shape index (κ2) is 5.50. The summed E-state index contributed by atoms with van der Waals surface area (Å²) in [5.74, 6) is 0.939. The highest BCUT2D eigenvalue weighted by atomic mass is 16.5. The molecule has 0 spiro atoms. The third kappa shape index (κ3) is 3.26. The van der Waals surface area contributed by atoms with Crippen LogP contribution in [0, 0.1) is 0 Å². The van der Waals surface area contributed by atoms with Crippen molar-refractivity contribution in [2.24, 2.45) is 0 Å². The van der Waals surface area contributed by atoms with Gasteiger partial charge in [0, 0.05) is 19.8 Å². The Morgan fingerprint density at radius 1 is 1.21 bits per heavy atom. The first kappa shape index (κ1) is 10.9. The Bertz CT molecular complexity index is 284. The van der Waals surface area contributed by atoms with Crippen LogP contribution in [0.15, 0.2) is 18.2 Å². The predicted octanol–water partition coefficient (Wildman–Crippen LogP) is 1.98. The first-order valence-electron chi connectivity index (χ1n) is 4.62. The summed E-state index contributed by atoms with van der Waals surface area (Å²) >= 11 is 0. The van der Waals surface area contributed by atoms with E-state index in [0.717, 1.165) is 25.0 Å². The molecule has 1 N–H and O–H groups in total. The lowest BCUT2D eigenvalue weighted by molar-refractivity contribution is 0.195. The Hall–Kier alpha value is -1.22. The minimum Gasteiger partial charge on any atom is -0.508 e. The lowest BCUT2D eigenvalue weighted by Gasteiger charge is -2.05. The molecule has 0 radical (unpaired) electrons. The van der Waals surface area contributed by atoms with Crippen LogP contribution in [0.3, 0.4) is 0 Å². The number of methoxy groups -OCH3 is 2. The molecule has 3 nitrogen and oxygen atoms in total. The van der Waals surface area contributed by atoms with Gasteiger partial charge in [-0.15, -0.1) is 0 Å². The topological polar surface area (TPSA) is 38.7 Å². The third-order valence-corrected chi connectivity index (χ3v) is 2.00. The van der Waals surface area contributed by atoms with Gasteiger partial charge in [-0.3, -0.25) is 0 Å². The van der Waals surface area contributed by atoms with Crippen LogP contribution in [0.25, 0.3) is 0 Å². The van der Waals surface area contributed by atoms with Crippen molar-refractivity contribution in [3.05, 3.63) is 23.8 Å². The second-order valence-corrected chi connectivity index (χ2v) is 3.14. The van der Waals surface area contributed by atoms with Crippen molar-refractivity contribution in [2.75, 3.05) is 20.8 Å². The summed E-state index contributed by atoms with van der Waals surface area (Å²) in [5, 5.41) is 9.37. The second-order valence-electron chi connectivity index (χ2n) is 3.14. The molecule has 0 heterocycles. The van der Waals surface area contributed by atoms with E-state index in [4.69, 9.17) is 9.47 Å².